The van der Waals surface area contributed by atoms with E-state index in [2.05, 4.69) is 32.2 Å². The Morgan fingerprint density at radius 1 is 1.09 bits per heavy atom. The van der Waals surface area contributed by atoms with Gasteiger partial charge in [0.15, 0.2) is 0 Å². The largest absolute Gasteiger partial charge is 0.179 e. The van der Waals surface area contributed by atoms with Crippen molar-refractivity contribution in [2.45, 2.75) is 50.7 Å². The van der Waals surface area contributed by atoms with E-state index in [1.165, 1.54) is 38.5 Å². The summed E-state index contributed by atoms with van der Waals surface area (Å²) in [5, 5.41) is 0.619. The molecular formula is C9H20S2. The second kappa shape index (κ2) is 8.79. The molecule has 0 heterocycles. The highest BCUT2D eigenvalue weighted by atomic mass is 32.1. The predicted molar refractivity (Wildman–Crippen MR) is 60.0 cm³/mol. The smallest absolute Gasteiger partial charge is 0.00171 e. The van der Waals surface area contributed by atoms with Crippen LogP contribution in [0.2, 0.25) is 0 Å². The molecule has 0 N–H and O–H groups in total. The van der Waals surface area contributed by atoms with Crippen molar-refractivity contribution < 1.29 is 0 Å². The van der Waals surface area contributed by atoms with Gasteiger partial charge in [-0.3, -0.25) is 0 Å². The normalized spacial score (nSPS) is 13.4. The maximum Gasteiger partial charge on any atom is 0.00171 e. The summed E-state index contributed by atoms with van der Waals surface area (Å²) in [6, 6.07) is 0. The summed E-state index contributed by atoms with van der Waals surface area (Å²) in [5.74, 6) is 1.00. The molecule has 0 spiro atoms. The molecule has 0 amide bonds. The van der Waals surface area contributed by atoms with Gasteiger partial charge in [0.1, 0.15) is 0 Å². The standard InChI is InChI=1S/C9H20S2/c1-2-3-4-6-9(11)7-5-8-10/h9-11H,2-8H2,1H3. The van der Waals surface area contributed by atoms with Gasteiger partial charge < -0.3 is 0 Å². The van der Waals surface area contributed by atoms with Crippen molar-refractivity contribution in [2.24, 2.45) is 0 Å². The average Bonchev–Trinajstić information content (AvgIpc) is 2.01. The van der Waals surface area contributed by atoms with Gasteiger partial charge in [0.05, 0.1) is 0 Å². The quantitative estimate of drug-likeness (QED) is 0.447. The molecule has 0 aromatic rings. The van der Waals surface area contributed by atoms with Crippen molar-refractivity contribution in [1.29, 1.82) is 0 Å². The van der Waals surface area contributed by atoms with Crippen molar-refractivity contribution >= 4 is 25.3 Å². The Morgan fingerprint density at radius 2 is 1.73 bits per heavy atom. The van der Waals surface area contributed by atoms with Crippen LogP contribution < -0.4 is 0 Å². The minimum Gasteiger partial charge on any atom is -0.179 e. The Kier molecular flexibility index (Phi) is 9.35. The molecule has 0 radical (unpaired) electrons. The third kappa shape index (κ3) is 8.61. The lowest BCUT2D eigenvalue weighted by atomic mass is 10.1. The summed E-state index contributed by atoms with van der Waals surface area (Å²) in [5.41, 5.74) is 0. The van der Waals surface area contributed by atoms with E-state index in [1.54, 1.807) is 0 Å². The van der Waals surface area contributed by atoms with E-state index in [9.17, 15) is 0 Å². The molecule has 0 bridgehead atoms. The van der Waals surface area contributed by atoms with Gasteiger partial charge in [-0.05, 0) is 25.0 Å². The third-order valence-corrected chi connectivity index (χ3v) is 2.67. The highest BCUT2D eigenvalue weighted by Crippen LogP contribution is 2.13. The zero-order valence-electron chi connectivity index (χ0n) is 7.42. The second-order valence-electron chi connectivity index (χ2n) is 3.02. The lowest BCUT2D eigenvalue weighted by Gasteiger charge is -2.08. The SMILES string of the molecule is CCCCCC(S)CCCS. The van der Waals surface area contributed by atoms with Gasteiger partial charge in [0, 0.05) is 5.25 Å². The van der Waals surface area contributed by atoms with Crippen molar-refractivity contribution in [3.63, 3.8) is 0 Å². The third-order valence-electron chi connectivity index (χ3n) is 1.84. The number of rotatable bonds is 7. The first-order valence-corrected chi connectivity index (χ1v) is 5.75. The molecule has 0 aliphatic heterocycles. The van der Waals surface area contributed by atoms with Crippen LogP contribution in [0.15, 0.2) is 0 Å². The fraction of sp³-hybridized carbons (Fsp3) is 1.00. The van der Waals surface area contributed by atoms with Crippen molar-refractivity contribution in [3.8, 4) is 0 Å². The van der Waals surface area contributed by atoms with Gasteiger partial charge in [-0.1, -0.05) is 26.2 Å². The molecule has 0 aromatic heterocycles. The minimum atomic E-state index is 0.619. The van der Waals surface area contributed by atoms with Crippen LogP contribution in [0.1, 0.15) is 45.4 Å². The Morgan fingerprint density at radius 3 is 2.27 bits per heavy atom. The first-order chi connectivity index (χ1) is 5.31. The topological polar surface area (TPSA) is 0 Å². The summed E-state index contributed by atoms with van der Waals surface area (Å²) in [4.78, 5) is 0. The molecule has 0 rings (SSSR count). The Labute approximate surface area is 82.0 Å². The van der Waals surface area contributed by atoms with Crippen LogP contribution in [-0.4, -0.2) is 11.0 Å². The Bertz CT molecular complexity index is 74.0. The van der Waals surface area contributed by atoms with Gasteiger partial charge in [-0.15, -0.1) is 0 Å². The summed E-state index contributed by atoms with van der Waals surface area (Å²) in [7, 11) is 0. The van der Waals surface area contributed by atoms with E-state index in [0.717, 1.165) is 5.75 Å². The summed E-state index contributed by atoms with van der Waals surface area (Å²) >= 11 is 8.67. The zero-order chi connectivity index (χ0) is 8.53. The number of unbranched alkanes of at least 4 members (excludes halogenated alkanes) is 2. The van der Waals surface area contributed by atoms with Crippen molar-refractivity contribution in [1.82, 2.24) is 0 Å². The maximum atomic E-state index is 4.50. The number of hydrogen-bond acceptors (Lipinski definition) is 2. The van der Waals surface area contributed by atoms with Crippen LogP contribution >= 0.6 is 25.3 Å². The van der Waals surface area contributed by atoms with E-state index < -0.39 is 0 Å². The van der Waals surface area contributed by atoms with Crippen LogP contribution in [0.3, 0.4) is 0 Å². The van der Waals surface area contributed by atoms with E-state index in [-0.39, 0.29) is 0 Å². The lowest BCUT2D eigenvalue weighted by molar-refractivity contribution is 0.618. The van der Waals surface area contributed by atoms with Crippen LogP contribution in [0, 0.1) is 0 Å². The van der Waals surface area contributed by atoms with Gasteiger partial charge in [0.2, 0.25) is 0 Å². The molecule has 68 valence electrons. The van der Waals surface area contributed by atoms with E-state index in [1.807, 2.05) is 0 Å². The molecular weight excluding hydrogens is 172 g/mol. The number of thiol groups is 2. The van der Waals surface area contributed by atoms with Gasteiger partial charge >= 0.3 is 0 Å². The van der Waals surface area contributed by atoms with Gasteiger partial charge in [-0.25, -0.2) is 0 Å². The Hall–Kier alpha value is 0.700. The number of hydrogen-bond donors (Lipinski definition) is 2. The van der Waals surface area contributed by atoms with E-state index in [4.69, 9.17) is 0 Å². The van der Waals surface area contributed by atoms with Crippen molar-refractivity contribution in [2.75, 3.05) is 5.75 Å². The molecule has 0 nitrogen and oxygen atoms in total. The van der Waals surface area contributed by atoms with E-state index in [0.29, 0.717) is 5.25 Å². The molecule has 2 heteroatoms. The predicted octanol–water partition coefficient (Wildman–Crippen LogP) is 3.58. The van der Waals surface area contributed by atoms with Crippen molar-refractivity contribution in [3.05, 3.63) is 0 Å². The fourth-order valence-corrected chi connectivity index (χ4v) is 1.65. The van der Waals surface area contributed by atoms with Crippen LogP contribution in [0.5, 0.6) is 0 Å². The first-order valence-electron chi connectivity index (χ1n) is 4.60. The Balaban J connectivity index is 3.02. The zero-order valence-corrected chi connectivity index (χ0v) is 9.21. The highest BCUT2D eigenvalue weighted by Gasteiger charge is 2.00. The van der Waals surface area contributed by atoms with Crippen LogP contribution in [0.4, 0.5) is 0 Å². The average molecular weight is 192 g/mol. The molecule has 0 saturated carbocycles. The minimum absolute atomic E-state index is 0.619. The monoisotopic (exact) mass is 192 g/mol. The molecule has 0 saturated heterocycles. The summed E-state index contributed by atoms with van der Waals surface area (Å²) in [6.07, 6.45) is 7.74. The van der Waals surface area contributed by atoms with Crippen LogP contribution in [0.25, 0.3) is 0 Å². The molecule has 0 aliphatic rings. The molecule has 0 aliphatic carbocycles. The summed E-state index contributed by atoms with van der Waals surface area (Å²) < 4.78 is 0. The maximum absolute atomic E-state index is 4.50. The molecule has 1 atom stereocenters. The molecule has 0 fully saturated rings. The highest BCUT2D eigenvalue weighted by molar-refractivity contribution is 7.81. The molecule has 0 aromatic carbocycles. The van der Waals surface area contributed by atoms with E-state index >= 15 is 0 Å². The van der Waals surface area contributed by atoms with Gasteiger partial charge in [0.25, 0.3) is 0 Å². The molecule has 11 heavy (non-hydrogen) atoms. The summed E-state index contributed by atoms with van der Waals surface area (Å²) in [6.45, 7) is 2.24. The lowest BCUT2D eigenvalue weighted by Crippen LogP contribution is -1.98. The van der Waals surface area contributed by atoms with Gasteiger partial charge in [-0.2, -0.15) is 25.3 Å². The molecule has 1 unspecified atom stereocenters. The fourth-order valence-electron chi connectivity index (χ4n) is 1.10. The second-order valence-corrected chi connectivity index (χ2v) is 4.19. The first kappa shape index (κ1) is 11.7. The van der Waals surface area contributed by atoms with Crippen LogP contribution in [-0.2, 0) is 0 Å².